The number of piperazine rings is 1. The van der Waals surface area contributed by atoms with Crippen LogP contribution in [0.4, 0.5) is 14.9 Å². The van der Waals surface area contributed by atoms with Crippen molar-refractivity contribution >= 4 is 83.0 Å². The summed E-state index contributed by atoms with van der Waals surface area (Å²) >= 11 is 10.3. The molecule has 0 saturated carbocycles. The van der Waals surface area contributed by atoms with E-state index in [1.165, 1.54) is 13.2 Å². The Morgan fingerprint density at radius 3 is 2.13 bits per heavy atom. The Morgan fingerprint density at radius 2 is 1.57 bits per heavy atom. The van der Waals surface area contributed by atoms with Crippen molar-refractivity contribution in [2.24, 2.45) is 0 Å². The summed E-state index contributed by atoms with van der Waals surface area (Å²) in [4.78, 5) is 43.1. The van der Waals surface area contributed by atoms with Gasteiger partial charge < -0.3 is 24.0 Å². The molecule has 5 rings (SSSR count). The summed E-state index contributed by atoms with van der Waals surface area (Å²) in [5.74, 6) is -1.19. The summed E-state index contributed by atoms with van der Waals surface area (Å²) in [6, 6.07) is 15.0. The zero-order valence-electron chi connectivity index (χ0n) is 25.5. The molecule has 3 aromatic rings. The number of rotatable bonds is 6. The second-order valence-corrected chi connectivity index (χ2v) is 14.2. The normalized spacial score (nSPS) is 16.2. The quantitative estimate of drug-likeness (QED) is 0.140. The summed E-state index contributed by atoms with van der Waals surface area (Å²) in [6.07, 6.45) is 1.16. The lowest BCUT2D eigenvalue weighted by atomic mass is 9.93. The molecule has 240 valence electrons. The van der Waals surface area contributed by atoms with Crippen LogP contribution in [0.5, 0.6) is 5.75 Å². The lowest BCUT2D eigenvalue weighted by Gasteiger charge is -2.36. The number of halogens is 4. The summed E-state index contributed by atoms with van der Waals surface area (Å²) in [5.41, 5.74) is 1.22. The Balaban J connectivity index is 1.45. The van der Waals surface area contributed by atoms with Crippen LogP contribution in [-0.2, 0) is 14.3 Å². The number of carbonyl (C=O) groups is 3. The number of esters is 1. The molecule has 1 saturated heterocycles. The van der Waals surface area contributed by atoms with E-state index in [9.17, 15) is 14.4 Å². The monoisotopic (exact) mass is 818 g/mol. The van der Waals surface area contributed by atoms with E-state index in [1.807, 2.05) is 25.7 Å². The maximum Gasteiger partial charge on any atom is 0.410 e. The van der Waals surface area contributed by atoms with Crippen LogP contribution >= 0.6 is 47.8 Å². The van der Waals surface area contributed by atoms with Gasteiger partial charge in [-0.15, -0.1) is 0 Å². The molecule has 46 heavy (non-hydrogen) atoms. The molecular weight excluding hydrogens is 791 g/mol. The van der Waals surface area contributed by atoms with Gasteiger partial charge in [-0.25, -0.2) is 14.0 Å². The number of nitrogens with zero attached hydrogens (tertiary/aromatic N) is 2. The van der Waals surface area contributed by atoms with Crippen molar-refractivity contribution in [1.82, 2.24) is 4.90 Å². The summed E-state index contributed by atoms with van der Waals surface area (Å²) in [6.45, 7) is 7.12. The van der Waals surface area contributed by atoms with Gasteiger partial charge in [-0.3, -0.25) is 4.79 Å². The number of hydrogen-bond donors (Lipinski definition) is 0. The number of benzene rings is 3. The number of Topliss-reactive ketones (excluding diaryl/α,β-unsaturated/α-hetero) is 1. The number of carbonyl (C=O) groups excluding carboxylic acids is 3. The van der Waals surface area contributed by atoms with E-state index in [-0.39, 0.29) is 23.0 Å². The molecule has 8 nitrogen and oxygen atoms in total. The first-order valence-corrected chi connectivity index (χ1v) is 16.7. The zero-order chi connectivity index (χ0) is 33.3. The molecule has 12 heteroatoms. The molecule has 0 N–H and O–H groups in total. The SMILES string of the molecule is COc1c(Br)cc(C(=O)C2=C(c3ccc(Br)cc3)/C(=C/c3ccc(N4CCN(C(=O)OC(C)(C)C)CC4)c(F)c3)OC2=O)cc1Br. The van der Waals surface area contributed by atoms with Crippen LogP contribution in [-0.4, -0.2) is 61.6 Å². The van der Waals surface area contributed by atoms with E-state index in [0.717, 1.165) is 4.47 Å². The maximum absolute atomic E-state index is 15.5. The average molecular weight is 821 g/mol. The van der Waals surface area contributed by atoms with Crippen molar-refractivity contribution in [2.75, 3.05) is 38.2 Å². The molecule has 0 radical (unpaired) electrons. The van der Waals surface area contributed by atoms with E-state index in [2.05, 4.69) is 47.8 Å². The zero-order valence-corrected chi connectivity index (χ0v) is 30.2. The van der Waals surface area contributed by atoms with E-state index in [1.54, 1.807) is 59.5 Å². The number of hydrogen-bond acceptors (Lipinski definition) is 7. The van der Waals surface area contributed by atoms with Crippen molar-refractivity contribution in [3.05, 3.63) is 102 Å². The van der Waals surface area contributed by atoms with Crippen LogP contribution in [0.25, 0.3) is 11.6 Å². The van der Waals surface area contributed by atoms with Gasteiger partial charge >= 0.3 is 12.1 Å². The molecular formula is C34H30Br3FN2O6. The molecule has 2 aliphatic heterocycles. The van der Waals surface area contributed by atoms with Gasteiger partial charge in [0.15, 0.2) is 0 Å². The second kappa shape index (κ2) is 13.7. The highest BCUT2D eigenvalue weighted by molar-refractivity contribution is 9.11. The number of ether oxygens (including phenoxy) is 3. The third-order valence-electron chi connectivity index (χ3n) is 7.27. The first kappa shape index (κ1) is 33.9. The van der Waals surface area contributed by atoms with Crippen LogP contribution in [0.1, 0.15) is 42.3 Å². The molecule has 0 bridgehead atoms. The number of allylic oxidation sites excluding steroid dienone is 1. The van der Waals surface area contributed by atoms with Gasteiger partial charge in [-0.2, -0.15) is 0 Å². The standard InChI is InChI=1S/C34H30Br3FN2O6/c1-34(2,3)46-33(43)40-13-11-39(12-14-40)26-10-5-19(15-25(26)38)16-27-28(20-6-8-22(35)9-7-20)29(32(42)45-27)30(41)21-17-23(36)31(44-4)24(37)18-21/h5-10,15-18H,11-14H2,1-4H3/b27-16-. The van der Waals surface area contributed by atoms with Crippen molar-refractivity contribution in [3.63, 3.8) is 0 Å². The highest BCUT2D eigenvalue weighted by Crippen LogP contribution is 2.40. The highest BCUT2D eigenvalue weighted by atomic mass is 79.9. The average Bonchev–Trinajstić information content (AvgIpc) is 3.31. The third kappa shape index (κ3) is 7.39. The molecule has 1 amide bonds. The second-order valence-electron chi connectivity index (χ2n) is 11.6. The molecule has 2 aliphatic rings. The molecule has 3 aromatic carbocycles. The molecule has 0 aromatic heterocycles. The van der Waals surface area contributed by atoms with E-state index < -0.39 is 23.2 Å². The van der Waals surface area contributed by atoms with Crippen LogP contribution < -0.4 is 9.64 Å². The Bertz CT molecular complexity index is 1750. The Hall–Kier alpha value is -3.48. The first-order chi connectivity index (χ1) is 21.8. The van der Waals surface area contributed by atoms with Crippen LogP contribution in [0.2, 0.25) is 0 Å². The van der Waals surface area contributed by atoms with Crippen molar-refractivity contribution < 1.29 is 33.0 Å². The minimum Gasteiger partial charge on any atom is -0.494 e. The lowest BCUT2D eigenvalue weighted by molar-refractivity contribution is -0.132. The van der Waals surface area contributed by atoms with E-state index in [4.69, 9.17) is 14.2 Å². The van der Waals surface area contributed by atoms with E-state index >= 15 is 4.39 Å². The fourth-order valence-electron chi connectivity index (χ4n) is 5.15. The van der Waals surface area contributed by atoms with Crippen LogP contribution in [0.15, 0.2) is 79.3 Å². The van der Waals surface area contributed by atoms with Crippen LogP contribution in [0, 0.1) is 5.82 Å². The topological polar surface area (TPSA) is 85.4 Å². The number of cyclic esters (lactones) is 1. The van der Waals surface area contributed by atoms with Crippen molar-refractivity contribution in [2.45, 2.75) is 26.4 Å². The number of methoxy groups -OCH3 is 1. The molecule has 2 heterocycles. The third-order valence-corrected chi connectivity index (χ3v) is 8.98. The highest BCUT2D eigenvalue weighted by Gasteiger charge is 2.36. The summed E-state index contributed by atoms with van der Waals surface area (Å²) < 4.78 is 33.9. The Kier molecular flexibility index (Phi) is 10.1. The van der Waals surface area contributed by atoms with Gasteiger partial charge in [0.1, 0.15) is 28.5 Å². The van der Waals surface area contributed by atoms with Crippen LogP contribution in [0.3, 0.4) is 0 Å². The number of amides is 1. The minimum absolute atomic E-state index is 0.125. The predicted molar refractivity (Wildman–Crippen MR) is 184 cm³/mol. The predicted octanol–water partition coefficient (Wildman–Crippen LogP) is 8.41. The molecule has 0 unspecified atom stereocenters. The van der Waals surface area contributed by atoms with Gasteiger partial charge in [0.25, 0.3) is 0 Å². The van der Waals surface area contributed by atoms with Crippen molar-refractivity contribution in [1.29, 1.82) is 0 Å². The molecule has 0 spiro atoms. The maximum atomic E-state index is 15.5. The smallest absolute Gasteiger partial charge is 0.410 e. The largest absolute Gasteiger partial charge is 0.494 e. The summed E-state index contributed by atoms with van der Waals surface area (Å²) in [7, 11) is 1.51. The minimum atomic E-state index is -0.808. The van der Waals surface area contributed by atoms with Gasteiger partial charge in [0.2, 0.25) is 5.78 Å². The fraction of sp³-hybridized carbons (Fsp3) is 0.265. The Morgan fingerprint density at radius 1 is 0.935 bits per heavy atom. The first-order valence-electron chi connectivity index (χ1n) is 14.3. The van der Waals surface area contributed by atoms with Gasteiger partial charge in [-0.05, 0) is 106 Å². The molecule has 0 aliphatic carbocycles. The summed E-state index contributed by atoms with van der Waals surface area (Å²) in [5, 5.41) is 0. The van der Waals surface area contributed by atoms with Crippen molar-refractivity contribution in [3.8, 4) is 5.75 Å². The Labute approximate surface area is 291 Å². The van der Waals surface area contributed by atoms with Gasteiger partial charge in [0, 0.05) is 41.8 Å². The fourth-order valence-corrected chi connectivity index (χ4v) is 6.92. The van der Waals surface area contributed by atoms with E-state index in [0.29, 0.717) is 63.3 Å². The number of ketones is 1. The lowest BCUT2D eigenvalue weighted by Crippen LogP contribution is -2.50. The van der Waals surface area contributed by atoms with Gasteiger partial charge in [-0.1, -0.05) is 34.1 Å². The number of anilines is 1. The molecule has 0 atom stereocenters. The van der Waals surface area contributed by atoms with Gasteiger partial charge in [0.05, 0.1) is 21.7 Å². The molecule has 1 fully saturated rings.